The first-order valence-electron chi connectivity index (χ1n) is 7.50. The summed E-state index contributed by atoms with van der Waals surface area (Å²) in [6.45, 7) is 0. The minimum atomic E-state index is -0.130. The van der Waals surface area contributed by atoms with Gasteiger partial charge in [0.25, 0.3) is 0 Å². The second kappa shape index (κ2) is 7.59. The molecule has 4 nitrogen and oxygen atoms in total. The SMILES string of the molecule is O=C1C=CC(=O)C(CCCCCCC2=CC(=O)C=CC2=O)=C1. The Kier molecular flexibility index (Phi) is 5.53. The number of carbonyl (C=O) groups is 4. The molecule has 0 aromatic carbocycles. The summed E-state index contributed by atoms with van der Waals surface area (Å²) in [7, 11) is 0. The van der Waals surface area contributed by atoms with Crippen LogP contribution in [0.1, 0.15) is 38.5 Å². The first kappa shape index (κ1) is 16.0. The van der Waals surface area contributed by atoms with E-state index in [2.05, 4.69) is 0 Å². The average molecular weight is 298 g/mol. The molecule has 0 unspecified atom stereocenters. The van der Waals surface area contributed by atoms with Gasteiger partial charge in [-0.25, -0.2) is 0 Å². The lowest BCUT2D eigenvalue weighted by atomic mass is 9.95. The molecule has 114 valence electrons. The first-order chi connectivity index (χ1) is 10.6. The van der Waals surface area contributed by atoms with Crippen LogP contribution in [0, 0.1) is 0 Å². The molecule has 0 atom stereocenters. The van der Waals surface area contributed by atoms with Gasteiger partial charge in [-0.1, -0.05) is 12.8 Å². The molecule has 4 heteroatoms. The number of ketones is 4. The fourth-order valence-corrected chi connectivity index (χ4v) is 2.49. The molecule has 0 heterocycles. The molecule has 22 heavy (non-hydrogen) atoms. The van der Waals surface area contributed by atoms with Gasteiger partial charge in [-0.2, -0.15) is 0 Å². The van der Waals surface area contributed by atoms with Crippen molar-refractivity contribution in [1.29, 1.82) is 0 Å². The highest BCUT2D eigenvalue weighted by Crippen LogP contribution is 2.18. The maximum absolute atomic E-state index is 11.5. The molecule has 2 aliphatic carbocycles. The third kappa shape index (κ3) is 4.58. The molecule has 0 spiro atoms. The number of hydrogen-bond donors (Lipinski definition) is 0. The standard InChI is InChI=1S/C18H18O4/c19-15-7-9-17(21)13(11-15)5-3-1-2-4-6-14-12-16(20)8-10-18(14)22/h7-12H,1-6H2. The third-order valence-corrected chi connectivity index (χ3v) is 3.71. The lowest BCUT2D eigenvalue weighted by Crippen LogP contribution is -2.08. The normalized spacial score (nSPS) is 17.8. The second-order valence-electron chi connectivity index (χ2n) is 5.45. The van der Waals surface area contributed by atoms with E-state index in [1.165, 1.54) is 36.5 Å². The molecule has 0 aromatic rings. The van der Waals surface area contributed by atoms with Gasteiger partial charge in [0.15, 0.2) is 23.1 Å². The second-order valence-corrected chi connectivity index (χ2v) is 5.45. The number of allylic oxidation sites excluding steroid dienone is 8. The van der Waals surface area contributed by atoms with Crippen LogP contribution in [0.25, 0.3) is 0 Å². The number of rotatable bonds is 7. The van der Waals surface area contributed by atoms with Gasteiger partial charge in [0, 0.05) is 11.1 Å². The summed E-state index contributed by atoms with van der Waals surface area (Å²) < 4.78 is 0. The minimum Gasteiger partial charge on any atom is -0.290 e. The Morgan fingerprint density at radius 1 is 0.545 bits per heavy atom. The Morgan fingerprint density at radius 2 is 0.955 bits per heavy atom. The molecule has 2 rings (SSSR count). The van der Waals surface area contributed by atoms with Crippen LogP contribution in [0.15, 0.2) is 47.6 Å². The Labute approximate surface area is 129 Å². The molecular weight excluding hydrogens is 280 g/mol. The van der Waals surface area contributed by atoms with Gasteiger partial charge in [0.05, 0.1) is 0 Å². The molecule has 0 bridgehead atoms. The Morgan fingerprint density at radius 3 is 1.36 bits per heavy atom. The number of hydrogen-bond acceptors (Lipinski definition) is 4. The Hall–Kier alpha value is -2.36. The lowest BCUT2D eigenvalue weighted by molar-refractivity contribution is -0.114. The van der Waals surface area contributed by atoms with E-state index in [0.29, 0.717) is 24.0 Å². The highest BCUT2D eigenvalue weighted by atomic mass is 16.1. The smallest absolute Gasteiger partial charge is 0.182 e. The van der Waals surface area contributed by atoms with E-state index < -0.39 is 0 Å². The number of unbranched alkanes of at least 4 members (excludes halogenated alkanes) is 3. The largest absolute Gasteiger partial charge is 0.290 e. The molecule has 0 aromatic heterocycles. The summed E-state index contributed by atoms with van der Waals surface area (Å²) in [5.41, 5.74) is 1.15. The predicted octanol–water partition coefficient (Wildman–Crippen LogP) is 2.60. The van der Waals surface area contributed by atoms with Crippen molar-refractivity contribution in [3.05, 3.63) is 47.6 Å². The van der Waals surface area contributed by atoms with Gasteiger partial charge in [-0.3, -0.25) is 19.2 Å². The third-order valence-electron chi connectivity index (χ3n) is 3.71. The zero-order valence-corrected chi connectivity index (χ0v) is 12.3. The van der Waals surface area contributed by atoms with Crippen molar-refractivity contribution in [1.82, 2.24) is 0 Å². The van der Waals surface area contributed by atoms with Crippen LogP contribution >= 0.6 is 0 Å². The van der Waals surface area contributed by atoms with E-state index in [9.17, 15) is 19.2 Å². The van der Waals surface area contributed by atoms with E-state index in [0.717, 1.165) is 25.7 Å². The molecule has 0 fully saturated rings. The van der Waals surface area contributed by atoms with Crippen LogP contribution in [-0.2, 0) is 19.2 Å². The first-order valence-corrected chi connectivity index (χ1v) is 7.50. The van der Waals surface area contributed by atoms with Crippen molar-refractivity contribution in [2.24, 2.45) is 0 Å². The van der Waals surface area contributed by atoms with E-state index in [4.69, 9.17) is 0 Å². The van der Waals surface area contributed by atoms with Gasteiger partial charge in [0.1, 0.15) is 0 Å². The van der Waals surface area contributed by atoms with E-state index in [-0.39, 0.29) is 23.1 Å². The fraction of sp³-hybridized carbons (Fsp3) is 0.333. The molecule has 0 aliphatic heterocycles. The molecule has 0 saturated heterocycles. The topological polar surface area (TPSA) is 68.3 Å². The van der Waals surface area contributed by atoms with Crippen LogP contribution in [0.3, 0.4) is 0 Å². The summed E-state index contributed by atoms with van der Waals surface area (Å²) in [6, 6.07) is 0. The number of carbonyl (C=O) groups excluding carboxylic acids is 4. The lowest BCUT2D eigenvalue weighted by Gasteiger charge is -2.08. The van der Waals surface area contributed by atoms with Gasteiger partial charge in [0.2, 0.25) is 0 Å². The van der Waals surface area contributed by atoms with Crippen LogP contribution < -0.4 is 0 Å². The van der Waals surface area contributed by atoms with Crippen molar-refractivity contribution in [3.63, 3.8) is 0 Å². The Bertz CT molecular complexity index is 573. The average Bonchev–Trinajstić information content (AvgIpc) is 2.49. The van der Waals surface area contributed by atoms with Crippen LogP contribution in [0.5, 0.6) is 0 Å². The van der Waals surface area contributed by atoms with Gasteiger partial charge in [-0.15, -0.1) is 0 Å². The quantitative estimate of drug-likeness (QED) is 0.535. The van der Waals surface area contributed by atoms with Crippen LogP contribution in [0.2, 0.25) is 0 Å². The molecule has 0 saturated carbocycles. The van der Waals surface area contributed by atoms with Crippen molar-refractivity contribution >= 4 is 23.1 Å². The molecule has 2 aliphatic rings. The van der Waals surface area contributed by atoms with Gasteiger partial charge in [-0.05, 0) is 62.1 Å². The minimum absolute atomic E-state index is 0.0807. The summed E-state index contributed by atoms with van der Waals surface area (Å²) in [4.78, 5) is 45.5. The molecule has 0 N–H and O–H groups in total. The zero-order valence-electron chi connectivity index (χ0n) is 12.3. The van der Waals surface area contributed by atoms with Crippen LogP contribution in [-0.4, -0.2) is 23.1 Å². The fourth-order valence-electron chi connectivity index (χ4n) is 2.49. The van der Waals surface area contributed by atoms with Crippen molar-refractivity contribution < 1.29 is 19.2 Å². The molecule has 0 amide bonds. The van der Waals surface area contributed by atoms with E-state index in [1.54, 1.807) is 0 Å². The van der Waals surface area contributed by atoms with E-state index in [1.807, 2.05) is 0 Å². The maximum Gasteiger partial charge on any atom is 0.182 e. The van der Waals surface area contributed by atoms with E-state index >= 15 is 0 Å². The van der Waals surface area contributed by atoms with Gasteiger partial charge < -0.3 is 0 Å². The molecule has 0 radical (unpaired) electrons. The monoisotopic (exact) mass is 298 g/mol. The summed E-state index contributed by atoms with van der Waals surface area (Å²) >= 11 is 0. The van der Waals surface area contributed by atoms with Crippen molar-refractivity contribution in [2.75, 3.05) is 0 Å². The van der Waals surface area contributed by atoms with Crippen LogP contribution in [0.4, 0.5) is 0 Å². The zero-order chi connectivity index (χ0) is 15.9. The highest BCUT2D eigenvalue weighted by Gasteiger charge is 2.13. The van der Waals surface area contributed by atoms with Crippen molar-refractivity contribution in [3.8, 4) is 0 Å². The highest BCUT2D eigenvalue weighted by molar-refractivity contribution is 6.17. The van der Waals surface area contributed by atoms with Gasteiger partial charge >= 0.3 is 0 Å². The summed E-state index contributed by atoms with van der Waals surface area (Å²) in [6.07, 6.45) is 12.8. The summed E-state index contributed by atoms with van der Waals surface area (Å²) in [5.74, 6) is -0.421. The molecular formula is C18H18O4. The van der Waals surface area contributed by atoms with Crippen molar-refractivity contribution in [2.45, 2.75) is 38.5 Å². The summed E-state index contributed by atoms with van der Waals surface area (Å²) in [5, 5.41) is 0. The maximum atomic E-state index is 11.5. The Balaban J connectivity index is 1.64. The predicted molar refractivity (Wildman–Crippen MR) is 82.2 cm³/mol.